The van der Waals surface area contributed by atoms with E-state index in [1.165, 1.54) is 0 Å². The summed E-state index contributed by atoms with van der Waals surface area (Å²) < 4.78 is 5.41. The molecule has 0 aliphatic heterocycles. The standard InChI is InChI=1S/C12H12ClNO/c1-3-15-10-5-4-9-6-8(2)14-12(13)11(9)7-10/h4-7H,3H2,1-2H3. The Morgan fingerprint density at radius 1 is 1.33 bits per heavy atom. The Kier molecular flexibility index (Phi) is 2.78. The summed E-state index contributed by atoms with van der Waals surface area (Å²) in [6.45, 7) is 4.55. The van der Waals surface area contributed by atoms with Crippen molar-refractivity contribution < 1.29 is 4.74 Å². The smallest absolute Gasteiger partial charge is 0.137 e. The number of aryl methyl sites for hydroxylation is 1. The van der Waals surface area contributed by atoms with Crippen LogP contribution < -0.4 is 4.74 Å². The molecular formula is C12H12ClNO. The van der Waals surface area contributed by atoms with Crippen molar-refractivity contribution in [1.29, 1.82) is 0 Å². The number of ether oxygens (including phenoxy) is 1. The molecule has 0 radical (unpaired) electrons. The van der Waals surface area contributed by atoms with Crippen molar-refractivity contribution in [3.63, 3.8) is 0 Å². The fraction of sp³-hybridized carbons (Fsp3) is 0.250. The van der Waals surface area contributed by atoms with Gasteiger partial charge in [0.2, 0.25) is 0 Å². The SMILES string of the molecule is CCOc1ccc2cc(C)nc(Cl)c2c1. The summed E-state index contributed by atoms with van der Waals surface area (Å²) in [7, 11) is 0. The van der Waals surface area contributed by atoms with Crippen LogP contribution in [0.4, 0.5) is 0 Å². The van der Waals surface area contributed by atoms with Crippen LogP contribution in [0.25, 0.3) is 10.8 Å². The van der Waals surface area contributed by atoms with Crippen LogP contribution in [-0.2, 0) is 0 Å². The molecule has 0 fully saturated rings. The van der Waals surface area contributed by atoms with Crippen LogP contribution in [-0.4, -0.2) is 11.6 Å². The predicted octanol–water partition coefficient (Wildman–Crippen LogP) is 3.60. The first-order chi connectivity index (χ1) is 7.20. The van der Waals surface area contributed by atoms with Crippen LogP contribution in [0.3, 0.4) is 0 Å². The molecule has 3 heteroatoms. The maximum absolute atomic E-state index is 6.07. The zero-order valence-corrected chi connectivity index (χ0v) is 9.51. The van der Waals surface area contributed by atoms with Gasteiger partial charge in [-0.1, -0.05) is 17.7 Å². The van der Waals surface area contributed by atoms with Crippen molar-refractivity contribution in [1.82, 2.24) is 4.98 Å². The molecule has 1 heterocycles. The minimum atomic E-state index is 0.534. The number of hydrogen-bond donors (Lipinski definition) is 0. The van der Waals surface area contributed by atoms with Crippen molar-refractivity contribution in [2.45, 2.75) is 13.8 Å². The lowest BCUT2D eigenvalue weighted by Gasteiger charge is -2.06. The number of aromatic nitrogens is 1. The van der Waals surface area contributed by atoms with Crippen LogP contribution in [0.1, 0.15) is 12.6 Å². The first-order valence-electron chi connectivity index (χ1n) is 4.90. The van der Waals surface area contributed by atoms with Crippen molar-refractivity contribution in [2.24, 2.45) is 0 Å². The number of halogens is 1. The van der Waals surface area contributed by atoms with Gasteiger partial charge in [0.15, 0.2) is 0 Å². The van der Waals surface area contributed by atoms with E-state index in [0.717, 1.165) is 22.2 Å². The average molecular weight is 222 g/mol. The number of pyridine rings is 1. The number of fused-ring (bicyclic) bond motifs is 1. The maximum atomic E-state index is 6.07. The normalized spacial score (nSPS) is 10.6. The summed E-state index contributed by atoms with van der Waals surface area (Å²) in [5.41, 5.74) is 0.927. The lowest BCUT2D eigenvalue weighted by molar-refractivity contribution is 0.341. The van der Waals surface area contributed by atoms with Crippen molar-refractivity contribution in [3.8, 4) is 5.75 Å². The van der Waals surface area contributed by atoms with Crippen molar-refractivity contribution >= 4 is 22.4 Å². The molecule has 0 spiro atoms. The molecular weight excluding hydrogens is 210 g/mol. The molecule has 2 rings (SSSR count). The molecule has 0 amide bonds. The van der Waals surface area contributed by atoms with Crippen LogP contribution in [0.5, 0.6) is 5.75 Å². The highest BCUT2D eigenvalue weighted by molar-refractivity contribution is 6.34. The van der Waals surface area contributed by atoms with Gasteiger partial charge in [-0.2, -0.15) is 0 Å². The van der Waals surface area contributed by atoms with Gasteiger partial charge < -0.3 is 4.74 Å². The minimum Gasteiger partial charge on any atom is -0.494 e. The second-order valence-electron chi connectivity index (χ2n) is 3.37. The number of benzene rings is 1. The Morgan fingerprint density at radius 2 is 2.13 bits per heavy atom. The highest BCUT2D eigenvalue weighted by Gasteiger charge is 2.03. The third kappa shape index (κ3) is 2.05. The van der Waals surface area contributed by atoms with E-state index < -0.39 is 0 Å². The van der Waals surface area contributed by atoms with E-state index in [2.05, 4.69) is 4.98 Å². The lowest BCUT2D eigenvalue weighted by Crippen LogP contribution is -1.91. The van der Waals surface area contributed by atoms with Gasteiger partial charge in [0.05, 0.1) is 6.61 Å². The summed E-state index contributed by atoms with van der Waals surface area (Å²) in [5, 5.41) is 2.57. The summed E-state index contributed by atoms with van der Waals surface area (Å²) in [4.78, 5) is 4.21. The first-order valence-corrected chi connectivity index (χ1v) is 5.28. The molecule has 0 aliphatic carbocycles. The van der Waals surface area contributed by atoms with Crippen molar-refractivity contribution in [2.75, 3.05) is 6.61 Å². The molecule has 78 valence electrons. The van der Waals surface area contributed by atoms with Crippen LogP contribution in [0.2, 0.25) is 5.15 Å². The zero-order valence-electron chi connectivity index (χ0n) is 8.75. The molecule has 0 saturated carbocycles. The van der Waals surface area contributed by atoms with Gasteiger partial charge in [0.1, 0.15) is 10.9 Å². The molecule has 0 atom stereocenters. The molecule has 2 nitrogen and oxygen atoms in total. The van der Waals surface area contributed by atoms with Gasteiger partial charge in [-0.3, -0.25) is 0 Å². The fourth-order valence-corrected chi connectivity index (χ4v) is 1.87. The van der Waals surface area contributed by atoms with Crippen LogP contribution in [0.15, 0.2) is 24.3 Å². The first kappa shape index (κ1) is 10.2. The number of hydrogen-bond acceptors (Lipinski definition) is 2. The largest absolute Gasteiger partial charge is 0.494 e. The Bertz CT molecular complexity index is 496. The Balaban J connectivity index is 2.60. The third-order valence-corrected chi connectivity index (χ3v) is 2.49. The Labute approximate surface area is 93.8 Å². The van der Waals surface area contributed by atoms with Gasteiger partial charge in [-0.25, -0.2) is 4.98 Å². The summed E-state index contributed by atoms with van der Waals surface area (Å²) in [5.74, 6) is 0.831. The Hall–Kier alpha value is -1.28. The quantitative estimate of drug-likeness (QED) is 0.723. The van der Waals surface area contributed by atoms with E-state index in [1.807, 2.05) is 38.1 Å². The molecule has 0 bridgehead atoms. The predicted molar refractivity (Wildman–Crippen MR) is 62.7 cm³/mol. The van der Waals surface area contributed by atoms with E-state index in [9.17, 15) is 0 Å². The van der Waals surface area contributed by atoms with Gasteiger partial charge in [-0.15, -0.1) is 0 Å². The highest BCUT2D eigenvalue weighted by atomic mass is 35.5. The van der Waals surface area contributed by atoms with Gasteiger partial charge in [0.25, 0.3) is 0 Å². The number of rotatable bonds is 2. The topological polar surface area (TPSA) is 22.1 Å². The van der Waals surface area contributed by atoms with Gasteiger partial charge in [0, 0.05) is 11.1 Å². The average Bonchev–Trinajstić information content (AvgIpc) is 2.19. The second-order valence-corrected chi connectivity index (χ2v) is 3.73. The van der Waals surface area contributed by atoms with E-state index >= 15 is 0 Å². The Morgan fingerprint density at radius 3 is 2.87 bits per heavy atom. The lowest BCUT2D eigenvalue weighted by atomic mass is 10.1. The molecule has 0 saturated heterocycles. The van der Waals surface area contributed by atoms with E-state index in [4.69, 9.17) is 16.3 Å². The second kappa shape index (κ2) is 4.07. The monoisotopic (exact) mass is 221 g/mol. The summed E-state index contributed by atoms with van der Waals surface area (Å²) in [6, 6.07) is 7.88. The summed E-state index contributed by atoms with van der Waals surface area (Å²) in [6.07, 6.45) is 0. The van der Waals surface area contributed by atoms with Gasteiger partial charge >= 0.3 is 0 Å². The van der Waals surface area contributed by atoms with E-state index in [0.29, 0.717) is 11.8 Å². The molecule has 0 N–H and O–H groups in total. The van der Waals surface area contributed by atoms with Crippen molar-refractivity contribution in [3.05, 3.63) is 35.1 Å². The fourth-order valence-electron chi connectivity index (χ4n) is 1.57. The third-order valence-electron chi connectivity index (χ3n) is 2.20. The summed E-state index contributed by atoms with van der Waals surface area (Å²) >= 11 is 6.07. The van der Waals surface area contributed by atoms with E-state index in [-0.39, 0.29) is 0 Å². The van der Waals surface area contributed by atoms with Crippen LogP contribution in [0, 0.1) is 6.92 Å². The molecule has 0 aliphatic rings. The molecule has 0 unspecified atom stereocenters. The number of nitrogens with zero attached hydrogens (tertiary/aromatic N) is 1. The molecule has 15 heavy (non-hydrogen) atoms. The molecule has 1 aromatic carbocycles. The highest BCUT2D eigenvalue weighted by Crippen LogP contribution is 2.26. The zero-order chi connectivity index (χ0) is 10.8. The molecule has 1 aromatic heterocycles. The van der Waals surface area contributed by atoms with Crippen LogP contribution >= 0.6 is 11.6 Å². The minimum absolute atomic E-state index is 0.534. The molecule has 2 aromatic rings. The van der Waals surface area contributed by atoms with E-state index in [1.54, 1.807) is 0 Å². The van der Waals surface area contributed by atoms with Gasteiger partial charge in [-0.05, 0) is 37.4 Å². The maximum Gasteiger partial charge on any atom is 0.137 e.